The highest BCUT2D eigenvalue weighted by Crippen LogP contribution is 2.38. The van der Waals surface area contributed by atoms with Crippen LogP contribution in [0, 0.1) is 0 Å². The number of rotatable bonds is 6. The normalized spacial score (nSPS) is 13.8. The molecule has 8 heteroatoms. The molecule has 172 valence electrons. The summed E-state index contributed by atoms with van der Waals surface area (Å²) in [7, 11) is 0. The molecule has 7 nitrogen and oxygen atoms in total. The van der Waals surface area contributed by atoms with Gasteiger partial charge >= 0.3 is 6.03 Å². The fourth-order valence-corrected chi connectivity index (χ4v) is 4.27. The van der Waals surface area contributed by atoms with Crippen molar-refractivity contribution in [3.63, 3.8) is 0 Å². The van der Waals surface area contributed by atoms with Crippen molar-refractivity contribution < 1.29 is 14.7 Å². The summed E-state index contributed by atoms with van der Waals surface area (Å²) in [5.41, 5.74) is 2.81. The molecule has 0 bridgehead atoms. The Morgan fingerprint density at radius 1 is 1.12 bits per heavy atom. The molecule has 1 fully saturated rings. The zero-order valence-corrected chi connectivity index (χ0v) is 19.2. The number of nitrogens with zero attached hydrogens (tertiary/aromatic N) is 2. The molecule has 1 aliphatic carbocycles. The minimum atomic E-state index is -0.306. The first-order valence-corrected chi connectivity index (χ1v) is 11.6. The molecular weight excluding hydrogens is 440 g/mol. The van der Waals surface area contributed by atoms with Crippen molar-refractivity contribution in [3.8, 4) is 17.0 Å². The summed E-state index contributed by atoms with van der Waals surface area (Å²) < 4.78 is 1.44. The number of hydrogen-bond donors (Lipinski definition) is 3. The standard InChI is InChI=1S/C25H27ClN4O3/c1-2-13-27-25(33)30-22(16-5-3-4-6-16)15-21(29-30)20-12-11-19(14-23(20)31)28-24(32)17-7-9-18(26)10-8-17/h7-12,14-16,31H,2-6,13H2,1H3,(H,27,33)(H,28,32). The number of aromatic nitrogens is 2. The molecule has 2 aromatic carbocycles. The van der Waals surface area contributed by atoms with Crippen molar-refractivity contribution in [1.82, 2.24) is 15.1 Å². The maximum atomic E-state index is 12.7. The molecule has 3 N–H and O–H groups in total. The number of anilines is 1. The van der Waals surface area contributed by atoms with Crippen LogP contribution >= 0.6 is 11.6 Å². The van der Waals surface area contributed by atoms with Gasteiger partial charge in [0.25, 0.3) is 5.91 Å². The van der Waals surface area contributed by atoms with Crippen LogP contribution in [-0.2, 0) is 0 Å². The van der Waals surface area contributed by atoms with E-state index in [1.54, 1.807) is 36.4 Å². The van der Waals surface area contributed by atoms with Gasteiger partial charge in [-0.1, -0.05) is 31.4 Å². The van der Waals surface area contributed by atoms with Crippen LogP contribution in [0.15, 0.2) is 48.5 Å². The number of phenols is 1. The van der Waals surface area contributed by atoms with Gasteiger partial charge in [-0.05, 0) is 61.7 Å². The monoisotopic (exact) mass is 466 g/mol. The van der Waals surface area contributed by atoms with Crippen molar-refractivity contribution >= 4 is 29.2 Å². The van der Waals surface area contributed by atoms with Gasteiger partial charge in [0.05, 0.1) is 11.4 Å². The molecule has 4 rings (SSSR count). The first-order valence-electron chi connectivity index (χ1n) is 11.2. The Hall–Kier alpha value is -3.32. The Morgan fingerprint density at radius 3 is 2.52 bits per heavy atom. The van der Waals surface area contributed by atoms with E-state index < -0.39 is 0 Å². The first kappa shape index (κ1) is 22.9. The van der Waals surface area contributed by atoms with E-state index in [1.807, 2.05) is 13.0 Å². The Labute approximate surface area is 197 Å². The van der Waals surface area contributed by atoms with E-state index in [4.69, 9.17) is 11.6 Å². The molecule has 1 aromatic heterocycles. The van der Waals surface area contributed by atoms with E-state index in [9.17, 15) is 14.7 Å². The van der Waals surface area contributed by atoms with Gasteiger partial charge in [0.2, 0.25) is 0 Å². The fraction of sp³-hybridized carbons (Fsp3) is 0.320. The van der Waals surface area contributed by atoms with E-state index in [-0.39, 0.29) is 23.6 Å². The van der Waals surface area contributed by atoms with E-state index in [2.05, 4.69) is 15.7 Å². The summed E-state index contributed by atoms with van der Waals surface area (Å²) >= 11 is 5.87. The van der Waals surface area contributed by atoms with Gasteiger partial charge in [-0.25, -0.2) is 4.79 Å². The zero-order chi connectivity index (χ0) is 23.4. The molecule has 0 radical (unpaired) electrons. The van der Waals surface area contributed by atoms with Gasteiger partial charge in [0.15, 0.2) is 0 Å². The third-order valence-corrected chi connectivity index (χ3v) is 6.12. The predicted molar refractivity (Wildman–Crippen MR) is 129 cm³/mol. The Bertz CT molecular complexity index is 1150. The summed E-state index contributed by atoms with van der Waals surface area (Å²) in [6.45, 7) is 2.57. The molecular formula is C25H27ClN4O3. The van der Waals surface area contributed by atoms with Crippen LogP contribution in [-0.4, -0.2) is 33.4 Å². The molecule has 1 aliphatic rings. The SMILES string of the molecule is CCCNC(=O)n1nc(-c2ccc(NC(=O)c3ccc(Cl)cc3)cc2O)cc1C1CCCC1. The summed E-state index contributed by atoms with van der Waals surface area (Å²) in [6.07, 6.45) is 5.15. The number of halogens is 1. The maximum Gasteiger partial charge on any atom is 0.342 e. The zero-order valence-electron chi connectivity index (χ0n) is 18.5. The van der Waals surface area contributed by atoms with Gasteiger partial charge in [0, 0.05) is 40.4 Å². The highest BCUT2D eigenvalue weighted by molar-refractivity contribution is 6.30. The molecule has 2 amide bonds. The van der Waals surface area contributed by atoms with Crippen LogP contribution < -0.4 is 10.6 Å². The van der Waals surface area contributed by atoms with E-state index in [0.717, 1.165) is 37.8 Å². The van der Waals surface area contributed by atoms with Crippen LogP contribution in [0.3, 0.4) is 0 Å². The second kappa shape index (κ2) is 10.1. The molecule has 0 spiro atoms. The number of phenolic OH excluding ortho intramolecular Hbond substituents is 1. The Morgan fingerprint density at radius 2 is 1.85 bits per heavy atom. The lowest BCUT2D eigenvalue weighted by Crippen LogP contribution is -2.31. The lowest BCUT2D eigenvalue weighted by atomic mass is 10.0. The second-order valence-corrected chi connectivity index (χ2v) is 8.71. The van der Waals surface area contributed by atoms with Crippen molar-refractivity contribution in [2.45, 2.75) is 44.9 Å². The summed E-state index contributed by atoms with van der Waals surface area (Å²) in [5.74, 6) is -0.0570. The molecule has 0 unspecified atom stereocenters. The van der Waals surface area contributed by atoms with Gasteiger partial charge in [-0.2, -0.15) is 9.78 Å². The molecule has 0 aliphatic heterocycles. The number of benzene rings is 2. The highest BCUT2D eigenvalue weighted by atomic mass is 35.5. The number of amides is 2. The number of carbonyl (C=O) groups excluding carboxylic acids is 2. The average molecular weight is 467 g/mol. The van der Waals surface area contributed by atoms with Gasteiger partial charge in [-0.3, -0.25) is 4.79 Å². The lowest BCUT2D eigenvalue weighted by molar-refractivity contribution is 0.102. The van der Waals surface area contributed by atoms with Crippen LogP contribution in [0.5, 0.6) is 5.75 Å². The second-order valence-electron chi connectivity index (χ2n) is 8.27. The lowest BCUT2D eigenvalue weighted by Gasteiger charge is -2.11. The van der Waals surface area contributed by atoms with E-state index >= 15 is 0 Å². The average Bonchev–Trinajstić information content (AvgIpc) is 3.48. The predicted octanol–water partition coefficient (Wildman–Crippen LogP) is 5.79. The molecule has 0 saturated heterocycles. The number of hydrogen-bond acceptors (Lipinski definition) is 4. The largest absolute Gasteiger partial charge is 0.507 e. The molecule has 0 atom stereocenters. The Balaban J connectivity index is 1.58. The quantitative estimate of drug-likeness (QED) is 0.428. The third kappa shape index (κ3) is 5.20. The molecule has 1 saturated carbocycles. The summed E-state index contributed by atoms with van der Waals surface area (Å²) in [6, 6.07) is 13.1. The van der Waals surface area contributed by atoms with E-state index in [0.29, 0.717) is 34.1 Å². The smallest absolute Gasteiger partial charge is 0.342 e. The number of carbonyl (C=O) groups is 2. The maximum absolute atomic E-state index is 12.7. The summed E-state index contributed by atoms with van der Waals surface area (Å²) in [4.78, 5) is 25.2. The van der Waals surface area contributed by atoms with E-state index in [1.165, 1.54) is 10.7 Å². The van der Waals surface area contributed by atoms with Crippen LogP contribution in [0.2, 0.25) is 5.02 Å². The van der Waals surface area contributed by atoms with Crippen molar-refractivity contribution in [2.75, 3.05) is 11.9 Å². The molecule has 3 aromatic rings. The van der Waals surface area contributed by atoms with Gasteiger partial charge in [-0.15, -0.1) is 0 Å². The van der Waals surface area contributed by atoms with Crippen molar-refractivity contribution in [3.05, 3.63) is 64.8 Å². The minimum Gasteiger partial charge on any atom is -0.507 e. The van der Waals surface area contributed by atoms with Crippen molar-refractivity contribution in [2.24, 2.45) is 0 Å². The van der Waals surface area contributed by atoms with Crippen LogP contribution in [0.25, 0.3) is 11.3 Å². The summed E-state index contributed by atoms with van der Waals surface area (Å²) in [5, 5.41) is 21.4. The van der Waals surface area contributed by atoms with Crippen molar-refractivity contribution in [1.29, 1.82) is 0 Å². The van der Waals surface area contributed by atoms with Gasteiger partial charge < -0.3 is 15.7 Å². The fourth-order valence-electron chi connectivity index (χ4n) is 4.14. The topological polar surface area (TPSA) is 96.3 Å². The molecule has 1 heterocycles. The van der Waals surface area contributed by atoms with Crippen LogP contribution in [0.1, 0.15) is 61.0 Å². The number of aromatic hydroxyl groups is 1. The van der Waals surface area contributed by atoms with Crippen LogP contribution in [0.4, 0.5) is 10.5 Å². The highest BCUT2D eigenvalue weighted by Gasteiger charge is 2.26. The first-order chi connectivity index (χ1) is 16.0. The van der Waals surface area contributed by atoms with Gasteiger partial charge in [0.1, 0.15) is 5.75 Å². The number of nitrogens with one attached hydrogen (secondary N) is 2. The minimum absolute atomic E-state index is 0.0273. The Kier molecular flexibility index (Phi) is 6.99. The third-order valence-electron chi connectivity index (χ3n) is 5.87. The molecule has 33 heavy (non-hydrogen) atoms.